The zero-order valence-corrected chi connectivity index (χ0v) is 30.9. The first-order valence-electron chi connectivity index (χ1n) is 19.4. The van der Waals surface area contributed by atoms with Crippen LogP contribution in [0.2, 0.25) is 0 Å². The quantitative estimate of drug-likeness (QED) is 0.256. The van der Waals surface area contributed by atoms with Gasteiger partial charge in [0.25, 0.3) is 0 Å². The zero-order valence-electron chi connectivity index (χ0n) is 30.1. The first-order chi connectivity index (χ1) is 22.8. The molecule has 7 rings (SSSR count). The summed E-state index contributed by atoms with van der Waals surface area (Å²) in [6.07, 6.45) is 14.5. The van der Waals surface area contributed by atoms with Crippen LogP contribution in [0.5, 0.6) is 0 Å². The third-order valence-corrected chi connectivity index (χ3v) is 17.7. The second-order valence-corrected chi connectivity index (χ2v) is 19.8. The second-order valence-electron chi connectivity index (χ2n) is 18.1. The molecule has 5 aliphatic carbocycles. The first-order valence-corrected chi connectivity index (χ1v) is 20.9. The van der Waals surface area contributed by atoms with Crippen molar-refractivity contribution in [1.29, 1.82) is 0 Å². The van der Waals surface area contributed by atoms with Crippen molar-refractivity contribution >= 4 is 28.6 Å². The Morgan fingerprint density at radius 2 is 1.58 bits per heavy atom. The van der Waals surface area contributed by atoms with Crippen LogP contribution in [-0.2, 0) is 25.2 Å². The Morgan fingerprint density at radius 3 is 2.29 bits per heavy atom. The van der Waals surface area contributed by atoms with E-state index < -0.39 is 34.1 Å². The molecule has 9 atom stereocenters. The van der Waals surface area contributed by atoms with Gasteiger partial charge in [0, 0.05) is 54.5 Å². The summed E-state index contributed by atoms with van der Waals surface area (Å²) < 4.78 is 11.7. The van der Waals surface area contributed by atoms with E-state index >= 15 is 0 Å². The van der Waals surface area contributed by atoms with Crippen molar-refractivity contribution in [3.63, 3.8) is 0 Å². The van der Waals surface area contributed by atoms with E-state index in [2.05, 4.69) is 43.2 Å². The molecule has 48 heavy (non-hydrogen) atoms. The number of carbonyl (C=O) groups excluding carboxylic acids is 2. The van der Waals surface area contributed by atoms with Gasteiger partial charge in [-0.2, -0.15) is 0 Å². The number of hydrogen-bond acceptors (Lipinski definition) is 6. The number of aliphatic carboxylic acids is 1. The Labute approximate surface area is 290 Å². The molecule has 0 aromatic rings. The van der Waals surface area contributed by atoms with E-state index in [1.54, 1.807) is 4.90 Å². The van der Waals surface area contributed by atoms with Gasteiger partial charge in [0.15, 0.2) is 0 Å². The van der Waals surface area contributed by atoms with Gasteiger partial charge in [-0.1, -0.05) is 27.2 Å². The van der Waals surface area contributed by atoms with E-state index in [0.29, 0.717) is 42.1 Å². The van der Waals surface area contributed by atoms with Crippen LogP contribution in [0.1, 0.15) is 111 Å². The molecule has 7 fully saturated rings. The molecule has 0 aromatic heterocycles. The standard InChI is InChI=1S/C38H62N4O5S/c1-26-27-10-12-36(4)30(34(27,2)17-20-42(26)32(44)31(43)40-38(15-16-38)33(45)46)9-8-28-29-7-5-11-37(29,14-13-35(28,36)3)25-39-18-6-19-41-21-23-48(47)24-22-41/h26-30,39H,5-25H2,1-4H3,(H,40,43)(H,45,46)/t26?,27?,28?,29-,30?,34?,35-,36?,37?/m1/s1. The molecule has 7 aliphatic rings. The average molecular weight is 687 g/mol. The highest BCUT2D eigenvalue weighted by Crippen LogP contribution is 2.75. The molecule has 2 saturated heterocycles. The number of nitrogens with zero attached hydrogens (tertiary/aromatic N) is 2. The van der Waals surface area contributed by atoms with Crippen molar-refractivity contribution < 1.29 is 23.7 Å². The highest BCUT2D eigenvalue weighted by molar-refractivity contribution is 7.85. The SMILES string of the molecule is CC1C2CCC3(C)C(CCC4[C@H]5CCCC5(CNCCCN5CCS(=O)CC5)CC[C@]43C)C2(C)CCN1C(=O)C(=O)NC1(C(=O)O)CC1. The van der Waals surface area contributed by atoms with E-state index in [1.165, 1.54) is 57.8 Å². The maximum atomic E-state index is 13.4. The van der Waals surface area contributed by atoms with Gasteiger partial charge in [-0.05, 0) is 142 Å². The summed E-state index contributed by atoms with van der Waals surface area (Å²) in [6.45, 7) is 15.9. The van der Waals surface area contributed by atoms with Gasteiger partial charge in [0.2, 0.25) is 0 Å². The lowest BCUT2D eigenvalue weighted by Gasteiger charge is -2.72. The van der Waals surface area contributed by atoms with Crippen LogP contribution in [-0.4, -0.2) is 99.3 Å². The summed E-state index contributed by atoms with van der Waals surface area (Å²) in [5.74, 6) is 1.87. The van der Waals surface area contributed by atoms with Crippen LogP contribution in [0, 0.1) is 45.3 Å². The molecule has 0 aromatic carbocycles. The van der Waals surface area contributed by atoms with Crippen LogP contribution < -0.4 is 10.6 Å². The Hall–Kier alpha value is -1.52. The lowest BCUT2D eigenvalue weighted by Crippen LogP contribution is -2.68. The molecule has 3 N–H and O–H groups in total. The minimum Gasteiger partial charge on any atom is -0.480 e. The minimum absolute atomic E-state index is 0.0316. The van der Waals surface area contributed by atoms with Gasteiger partial charge in [0.05, 0.1) is 0 Å². The zero-order chi connectivity index (χ0) is 34.1. The van der Waals surface area contributed by atoms with Crippen LogP contribution >= 0.6 is 0 Å². The summed E-state index contributed by atoms with van der Waals surface area (Å²) in [6, 6.07) is -0.0316. The normalized spacial score (nSPS) is 43.8. The number of fused-ring (bicyclic) bond motifs is 7. The summed E-state index contributed by atoms with van der Waals surface area (Å²) in [7, 11) is -0.603. The molecule has 5 saturated carbocycles. The summed E-state index contributed by atoms with van der Waals surface area (Å²) in [5.41, 5.74) is -0.0866. The summed E-state index contributed by atoms with van der Waals surface area (Å²) >= 11 is 0. The molecule has 10 heteroatoms. The van der Waals surface area contributed by atoms with E-state index in [4.69, 9.17) is 0 Å². The van der Waals surface area contributed by atoms with Gasteiger partial charge < -0.3 is 25.5 Å². The van der Waals surface area contributed by atoms with Crippen LogP contribution in [0.3, 0.4) is 0 Å². The first kappa shape index (κ1) is 34.9. The fourth-order valence-corrected chi connectivity index (χ4v) is 14.3. The molecular formula is C38H62N4O5S. The molecule has 0 spiro atoms. The number of carboxylic acid groups (broad SMARTS) is 1. The van der Waals surface area contributed by atoms with Crippen LogP contribution in [0.25, 0.3) is 0 Å². The predicted octanol–water partition coefficient (Wildman–Crippen LogP) is 4.42. The number of likely N-dealkylation sites (tertiary alicyclic amines) is 1. The number of nitrogens with one attached hydrogen (secondary N) is 2. The molecule has 7 unspecified atom stereocenters. The third kappa shape index (κ3) is 5.52. The lowest BCUT2D eigenvalue weighted by molar-refractivity contribution is -0.229. The Bertz CT molecular complexity index is 1310. The van der Waals surface area contributed by atoms with Crippen LogP contribution in [0.4, 0.5) is 0 Å². The highest BCUT2D eigenvalue weighted by Gasteiger charge is 2.69. The number of carbonyl (C=O) groups is 3. The number of carboxylic acids is 1. The van der Waals surface area contributed by atoms with Crippen molar-refractivity contribution in [2.24, 2.45) is 45.3 Å². The molecule has 2 amide bonds. The molecular weight excluding hydrogens is 625 g/mol. The largest absolute Gasteiger partial charge is 0.480 e. The van der Waals surface area contributed by atoms with Gasteiger partial charge in [-0.3, -0.25) is 13.8 Å². The van der Waals surface area contributed by atoms with E-state index in [9.17, 15) is 23.7 Å². The molecule has 0 bridgehead atoms. The lowest BCUT2D eigenvalue weighted by atomic mass is 9.34. The Morgan fingerprint density at radius 1 is 0.833 bits per heavy atom. The Kier molecular flexibility index (Phi) is 9.17. The topological polar surface area (TPSA) is 119 Å². The molecule has 2 heterocycles. The summed E-state index contributed by atoms with van der Waals surface area (Å²) in [4.78, 5) is 42.3. The second kappa shape index (κ2) is 12.6. The highest BCUT2D eigenvalue weighted by atomic mass is 32.2. The van der Waals surface area contributed by atoms with Gasteiger partial charge in [-0.15, -0.1) is 0 Å². The Balaban J connectivity index is 0.997. The maximum absolute atomic E-state index is 13.4. The fraction of sp³-hybridized carbons (Fsp3) is 0.921. The van der Waals surface area contributed by atoms with Crippen molar-refractivity contribution in [2.75, 3.05) is 50.8 Å². The van der Waals surface area contributed by atoms with E-state index in [1.807, 2.05) is 0 Å². The number of rotatable bonds is 8. The predicted molar refractivity (Wildman–Crippen MR) is 188 cm³/mol. The monoisotopic (exact) mass is 686 g/mol. The molecule has 270 valence electrons. The fourth-order valence-electron chi connectivity index (χ4n) is 13.2. The van der Waals surface area contributed by atoms with E-state index in [0.717, 1.165) is 68.9 Å². The van der Waals surface area contributed by atoms with Gasteiger partial charge in [-0.25, -0.2) is 4.79 Å². The maximum Gasteiger partial charge on any atom is 0.329 e. The van der Waals surface area contributed by atoms with Gasteiger partial charge in [0.1, 0.15) is 5.54 Å². The minimum atomic E-state index is -1.24. The molecule has 2 aliphatic heterocycles. The number of amides is 2. The van der Waals surface area contributed by atoms with Gasteiger partial charge >= 0.3 is 17.8 Å². The molecule has 0 radical (unpaired) electrons. The summed E-state index contributed by atoms with van der Waals surface area (Å²) in [5, 5.41) is 16.1. The molecule has 9 nitrogen and oxygen atoms in total. The van der Waals surface area contributed by atoms with Crippen molar-refractivity contribution in [2.45, 2.75) is 123 Å². The van der Waals surface area contributed by atoms with Crippen molar-refractivity contribution in [3.05, 3.63) is 0 Å². The van der Waals surface area contributed by atoms with Crippen LogP contribution in [0.15, 0.2) is 0 Å². The smallest absolute Gasteiger partial charge is 0.329 e. The number of piperidine rings is 1. The van der Waals surface area contributed by atoms with Crippen molar-refractivity contribution in [3.8, 4) is 0 Å². The third-order valence-electron chi connectivity index (χ3n) is 16.4. The van der Waals surface area contributed by atoms with Crippen molar-refractivity contribution in [1.82, 2.24) is 20.4 Å². The van der Waals surface area contributed by atoms with E-state index in [-0.39, 0.29) is 16.9 Å². The average Bonchev–Trinajstić information content (AvgIpc) is 3.72. The number of hydrogen-bond donors (Lipinski definition) is 3.